The van der Waals surface area contributed by atoms with E-state index in [1.807, 2.05) is 0 Å². The van der Waals surface area contributed by atoms with Crippen LogP contribution in [0.5, 0.6) is 5.75 Å². The summed E-state index contributed by atoms with van der Waals surface area (Å²) in [5, 5.41) is 20.5. The number of phenols is 1. The molecule has 1 atom stereocenters. The van der Waals surface area contributed by atoms with E-state index in [-0.39, 0.29) is 17.0 Å². The summed E-state index contributed by atoms with van der Waals surface area (Å²) in [6, 6.07) is 7.99. The number of aromatic nitrogens is 2. The van der Waals surface area contributed by atoms with Gasteiger partial charge in [-0.25, -0.2) is 13.9 Å². The molecule has 0 aliphatic carbocycles. The highest BCUT2D eigenvalue weighted by Crippen LogP contribution is 2.42. The lowest BCUT2D eigenvalue weighted by Gasteiger charge is -2.13. The molecule has 1 aromatic heterocycles. The number of nitriles is 1. The number of benzene rings is 2. The van der Waals surface area contributed by atoms with Crippen LogP contribution in [-0.4, -0.2) is 30.8 Å². The van der Waals surface area contributed by atoms with Gasteiger partial charge in [-0.15, -0.1) is 0 Å². The van der Waals surface area contributed by atoms with Crippen LogP contribution in [0.2, 0.25) is 10.0 Å². The molecular weight excluding hydrogens is 533 g/mol. The molecule has 0 bridgehead atoms. The van der Waals surface area contributed by atoms with Crippen molar-refractivity contribution >= 4 is 46.0 Å². The smallest absolute Gasteiger partial charge is 0.476 e. The van der Waals surface area contributed by atoms with Gasteiger partial charge in [-0.3, -0.25) is 0 Å². The Hall–Kier alpha value is -3.08. The highest BCUT2D eigenvalue weighted by Gasteiger charge is 2.43. The fraction of sp³-hybridized carbons (Fsp3) is 0.105. The van der Waals surface area contributed by atoms with Crippen molar-refractivity contribution in [2.75, 3.05) is 0 Å². The molecule has 0 saturated carbocycles. The number of aromatic hydroxyl groups is 1. The average Bonchev–Trinajstić information content (AvgIpc) is 3.08. The summed E-state index contributed by atoms with van der Waals surface area (Å²) in [5.74, 6) is -0.867. The molecule has 0 aliphatic rings. The molecule has 34 heavy (non-hydrogen) atoms. The average molecular weight is 541 g/mol. The van der Waals surface area contributed by atoms with E-state index < -0.39 is 54.5 Å². The van der Waals surface area contributed by atoms with Crippen LogP contribution in [0.15, 0.2) is 46.3 Å². The van der Waals surface area contributed by atoms with E-state index in [9.17, 15) is 40.9 Å². The van der Waals surface area contributed by atoms with Gasteiger partial charge in [-0.05, 0) is 42.0 Å². The lowest BCUT2D eigenvalue weighted by molar-refractivity contribution is -0.137. The Morgan fingerprint density at radius 2 is 1.65 bits per heavy atom. The van der Waals surface area contributed by atoms with Crippen molar-refractivity contribution in [3.05, 3.63) is 63.3 Å². The lowest BCUT2D eigenvalue weighted by atomic mass is 10.2. The molecule has 1 N–H and O–H groups in total. The number of nitrogens with zero attached hydrogens (tertiary/aromatic N) is 4. The Morgan fingerprint density at radius 1 is 1.09 bits per heavy atom. The number of alkyl halides is 6. The number of halogens is 8. The first kappa shape index (κ1) is 25.5. The molecule has 3 rings (SSSR count). The normalized spacial score (nSPS) is 13.3. The Morgan fingerprint density at radius 3 is 2.12 bits per heavy atom. The summed E-state index contributed by atoms with van der Waals surface area (Å²) in [5.41, 5.74) is -7.72. The molecule has 1 unspecified atom stereocenters. The fourth-order valence-corrected chi connectivity index (χ4v) is 4.19. The molecule has 6 nitrogen and oxygen atoms in total. The zero-order valence-corrected chi connectivity index (χ0v) is 18.4. The van der Waals surface area contributed by atoms with Crippen molar-refractivity contribution in [1.29, 1.82) is 5.26 Å². The summed E-state index contributed by atoms with van der Waals surface area (Å²) >= 11 is 11.4. The highest BCUT2D eigenvalue weighted by molar-refractivity contribution is 7.86. The number of phenolic OH excluding ortho intramolecular Hbond substituents is 1. The Kier molecular flexibility index (Phi) is 6.97. The molecule has 0 amide bonds. The minimum atomic E-state index is -5.31. The number of hydrogen-bond acceptors (Lipinski definition) is 5. The van der Waals surface area contributed by atoms with E-state index in [1.54, 1.807) is 0 Å². The van der Waals surface area contributed by atoms with Gasteiger partial charge < -0.3 is 5.11 Å². The Bertz CT molecular complexity index is 1320. The summed E-state index contributed by atoms with van der Waals surface area (Å²) in [7, 11) is -3.77. The van der Waals surface area contributed by atoms with Gasteiger partial charge in [0.25, 0.3) is 0 Å². The number of aliphatic imine (C=N–C) groups is 1. The Labute approximate surface area is 199 Å². The molecule has 0 fully saturated rings. The van der Waals surface area contributed by atoms with Crippen molar-refractivity contribution in [3.8, 4) is 17.5 Å². The number of rotatable bonds is 4. The van der Waals surface area contributed by atoms with Crippen LogP contribution in [0.25, 0.3) is 5.69 Å². The zero-order chi connectivity index (χ0) is 25.4. The predicted molar refractivity (Wildman–Crippen MR) is 111 cm³/mol. The quantitative estimate of drug-likeness (QED) is 0.317. The summed E-state index contributed by atoms with van der Waals surface area (Å²) in [6.45, 7) is 0. The van der Waals surface area contributed by atoms with Crippen LogP contribution in [-0.2, 0) is 17.0 Å². The molecule has 0 aliphatic heterocycles. The first-order valence-electron chi connectivity index (χ1n) is 8.65. The first-order chi connectivity index (χ1) is 15.7. The second-order valence-corrected chi connectivity index (χ2v) is 8.59. The lowest BCUT2D eigenvalue weighted by Crippen LogP contribution is -2.17. The van der Waals surface area contributed by atoms with Gasteiger partial charge in [0.1, 0.15) is 16.7 Å². The van der Waals surface area contributed by atoms with Crippen LogP contribution in [0, 0.1) is 11.3 Å². The third-order valence-electron chi connectivity index (χ3n) is 4.10. The van der Waals surface area contributed by atoms with Crippen molar-refractivity contribution in [1.82, 2.24) is 9.78 Å². The third kappa shape index (κ3) is 5.19. The summed E-state index contributed by atoms with van der Waals surface area (Å²) in [6.07, 6.45) is -3.92. The van der Waals surface area contributed by atoms with Crippen molar-refractivity contribution < 1.29 is 35.7 Å². The maximum Gasteiger partial charge on any atom is 0.476 e. The fourth-order valence-electron chi connectivity index (χ4n) is 2.70. The van der Waals surface area contributed by atoms with Gasteiger partial charge in [0.05, 0.1) is 21.3 Å². The van der Waals surface area contributed by atoms with E-state index in [2.05, 4.69) is 10.1 Å². The molecule has 0 radical (unpaired) electrons. The topological polar surface area (TPSA) is 91.3 Å². The van der Waals surface area contributed by atoms with E-state index in [0.717, 1.165) is 6.21 Å². The van der Waals surface area contributed by atoms with Crippen molar-refractivity contribution in [2.24, 2.45) is 4.99 Å². The van der Waals surface area contributed by atoms with Gasteiger partial charge in [-0.1, -0.05) is 23.2 Å². The molecule has 0 spiro atoms. The van der Waals surface area contributed by atoms with Gasteiger partial charge in [-0.2, -0.15) is 36.7 Å². The van der Waals surface area contributed by atoms with Crippen LogP contribution in [0.3, 0.4) is 0 Å². The van der Waals surface area contributed by atoms with E-state index in [1.165, 1.54) is 30.3 Å². The minimum absolute atomic E-state index is 0.109. The summed E-state index contributed by atoms with van der Waals surface area (Å²) in [4.78, 5) is 2.74. The standard InChI is InChI=1S/C19H8Cl2F6N4O2S/c20-12-5-10(6-13(21)15(12)18(22,23)24)31-17(29-8-9-1-3-11(32)4-2-9)16(14(7-28)30-31)34(33)19(25,26)27/h1-6,8,32H. The highest BCUT2D eigenvalue weighted by atomic mass is 35.5. The van der Waals surface area contributed by atoms with E-state index >= 15 is 0 Å². The Balaban J connectivity index is 2.29. The van der Waals surface area contributed by atoms with Crippen LogP contribution >= 0.6 is 23.2 Å². The van der Waals surface area contributed by atoms with Gasteiger partial charge >= 0.3 is 11.7 Å². The van der Waals surface area contributed by atoms with Gasteiger partial charge in [0.2, 0.25) is 0 Å². The van der Waals surface area contributed by atoms with Crippen LogP contribution < -0.4 is 0 Å². The van der Waals surface area contributed by atoms with Crippen molar-refractivity contribution in [3.63, 3.8) is 0 Å². The SMILES string of the molecule is N#Cc1nn(-c2cc(Cl)c(C(F)(F)F)c(Cl)c2)c(N=Cc2ccc(O)cc2)c1S(=O)C(F)(F)F. The minimum Gasteiger partial charge on any atom is -0.508 e. The third-order valence-corrected chi connectivity index (χ3v) is 5.87. The van der Waals surface area contributed by atoms with Crippen LogP contribution in [0.1, 0.15) is 16.8 Å². The summed E-state index contributed by atoms with van der Waals surface area (Å²) < 4.78 is 92.1. The van der Waals surface area contributed by atoms with Crippen molar-refractivity contribution in [2.45, 2.75) is 16.6 Å². The van der Waals surface area contributed by atoms with Gasteiger partial charge in [0, 0.05) is 6.21 Å². The zero-order valence-electron chi connectivity index (χ0n) is 16.1. The number of hydrogen-bond donors (Lipinski definition) is 1. The molecule has 15 heteroatoms. The molecule has 1 heterocycles. The second kappa shape index (κ2) is 9.28. The molecule has 178 valence electrons. The molecule has 0 saturated heterocycles. The second-order valence-electron chi connectivity index (χ2n) is 6.37. The largest absolute Gasteiger partial charge is 0.508 e. The maximum atomic E-state index is 13.3. The van der Waals surface area contributed by atoms with Gasteiger partial charge in [0.15, 0.2) is 22.3 Å². The predicted octanol–water partition coefficient (Wildman–Crippen LogP) is 6.15. The first-order valence-corrected chi connectivity index (χ1v) is 10.6. The van der Waals surface area contributed by atoms with Crippen LogP contribution in [0.4, 0.5) is 32.2 Å². The van der Waals surface area contributed by atoms with E-state index in [4.69, 9.17) is 23.2 Å². The molecular formula is C19H8Cl2F6N4O2S. The van der Waals surface area contributed by atoms with E-state index in [0.29, 0.717) is 16.8 Å². The maximum absolute atomic E-state index is 13.3. The molecule has 3 aromatic rings. The monoisotopic (exact) mass is 540 g/mol. The molecule has 2 aromatic carbocycles.